The molecule has 6 nitrogen and oxygen atoms in total. The van der Waals surface area contributed by atoms with Gasteiger partial charge in [0.1, 0.15) is 6.33 Å². The third kappa shape index (κ3) is 2.65. The number of rotatable bonds is 5. The summed E-state index contributed by atoms with van der Waals surface area (Å²) in [7, 11) is 1.57. The molecule has 2 aromatic heterocycles. The number of hydrogen-bond donors (Lipinski definition) is 1. The molecule has 0 saturated heterocycles. The average molecular weight is 247 g/mol. The molecule has 2 N–H and O–H groups in total. The van der Waals surface area contributed by atoms with Crippen LogP contribution in [-0.2, 0) is 6.54 Å². The van der Waals surface area contributed by atoms with Crippen LogP contribution in [0.3, 0.4) is 0 Å². The Morgan fingerprint density at radius 3 is 3.00 bits per heavy atom. The van der Waals surface area contributed by atoms with Gasteiger partial charge in [0.2, 0.25) is 5.88 Å². The molecule has 6 heteroatoms. The molecule has 0 aliphatic heterocycles. The summed E-state index contributed by atoms with van der Waals surface area (Å²) >= 11 is 0. The summed E-state index contributed by atoms with van der Waals surface area (Å²) < 4.78 is 6.94. The number of ether oxygens (including phenoxy) is 1. The number of nitrogens with two attached hydrogens (primary N) is 1. The molecule has 2 heterocycles. The summed E-state index contributed by atoms with van der Waals surface area (Å²) in [6.45, 7) is 3.00. The Bertz CT molecular complexity index is 511. The van der Waals surface area contributed by atoms with Crippen LogP contribution in [0.4, 0.5) is 0 Å². The third-order valence-electron chi connectivity index (χ3n) is 2.66. The van der Waals surface area contributed by atoms with E-state index >= 15 is 0 Å². The number of hydrogen-bond acceptors (Lipinski definition) is 5. The maximum Gasteiger partial charge on any atom is 0.216 e. The third-order valence-corrected chi connectivity index (χ3v) is 2.66. The summed E-state index contributed by atoms with van der Waals surface area (Å²) in [5, 5.41) is 4.26. The summed E-state index contributed by atoms with van der Waals surface area (Å²) in [5.41, 5.74) is 7.80. The molecule has 0 aliphatic rings. The minimum Gasteiger partial charge on any atom is -0.481 e. The van der Waals surface area contributed by atoms with E-state index in [9.17, 15) is 0 Å². The predicted octanol–water partition coefficient (Wildman–Crippen LogP) is 1.14. The Morgan fingerprint density at radius 2 is 2.28 bits per heavy atom. The van der Waals surface area contributed by atoms with Crippen molar-refractivity contribution in [2.75, 3.05) is 7.11 Å². The van der Waals surface area contributed by atoms with E-state index < -0.39 is 0 Å². The van der Waals surface area contributed by atoms with Gasteiger partial charge in [-0.1, -0.05) is 6.92 Å². The summed E-state index contributed by atoms with van der Waals surface area (Å²) in [6.07, 6.45) is 6.21. The number of aryl methyl sites for hydroxylation is 1. The Balaban J connectivity index is 2.20. The van der Waals surface area contributed by atoms with Crippen molar-refractivity contribution >= 4 is 0 Å². The number of aromatic nitrogens is 4. The molecule has 0 aromatic carbocycles. The van der Waals surface area contributed by atoms with E-state index in [0.717, 1.165) is 24.2 Å². The van der Waals surface area contributed by atoms with Crippen LogP contribution in [0.25, 0.3) is 0 Å². The SMILES string of the molecule is CCCn1cc(C(N)c2cc(OC)ncn2)cn1. The van der Waals surface area contributed by atoms with Gasteiger partial charge < -0.3 is 10.5 Å². The van der Waals surface area contributed by atoms with Gasteiger partial charge in [0, 0.05) is 24.4 Å². The normalized spacial score (nSPS) is 12.4. The molecule has 1 unspecified atom stereocenters. The maximum atomic E-state index is 6.15. The fourth-order valence-electron chi connectivity index (χ4n) is 1.70. The lowest BCUT2D eigenvalue weighted by molar-refractivity contribution is 0.395. The van der Waals surface area contributed by atoms with E-state index in [1.54, 1.807) is 19.4 Å². The van der Waals surface area contributed by atoms with Crippen LogP contribution in [0.15, 0.2) is 24.8 Å². The molecule has 2 aromatic rings. The van der Waals surface area contributed by atoms with E-state index in [2.05, 4.69) is 22.0 Å². The fraction of sp³-hybridized carbons (Fsp3) is 0.417. The average Bonchev–Trinajstić information content (AvgIpc) is 2.87. The van der Waals surface area contributed by atoms with Gasteiger partial charge in [0.25, 0.3) is 0 Å². The topological polar surface area (TPSA) is 78.9 Å². The van der Waals surface area contributed by atoms with E-state index in [-0.39, 0.29) is 6.04 Å². The molecule has 0 bridgehead atoms. The van der Waals surface area contributed by atoms with Crippen LogP contribution in [0.1, 0.15) is 30.6 Å². The van der Waals surface area contributed by atoms with Crippen molar-refractivity contribution in [3.05, 3.63) is 36.0 Å². The molecular formula is C12H17N5O. The molecule has 0 spiro atoms. The van der Waals surface area contributed by atoms with Crippen molar-refractivity contribution in [1.82, 2.24) is 19.7 Å². The van der Waals surface area contributed by atoms with Crippen molar-refractivity contribution < 1.29 is 4.74 Å². The zero-order valence-corrected chi connectivity index (χ0v) is 10.6. The van der Waals surface area contributed by atoms with E-state index in [1.807, 2.05) is 10.9 Å². The maximum absolute atomic E-state index is 6.15. The zero-order valence-electron chi connectivity index (χ0n) is 10.6. The first-order chi connectivity index (χ1) is 8.74. The van der Waals surface area contributed by atoms with Crippen LogP contribution in [0.5, 0.6) is 5.88 Å². The number of methoxy groups -OCH3 is 1. The minimum atomic E-state index is -0.312. The molecule has 0 fully saturated rings. The van der Waals surface area contributed by atoms with Gasteiger partial charge in [-0.3, -0.25) is 4.68 Å². The molecular weight excluding hydrogens is 230 g/mol. The van der Waals surface area contributed by atoms with E-state index in [0.29, 0.717) is 5.88 Å². The van der Waals surface area contributed by atoms with Gasteiger partial charge in [0.05, 0.1) is 25.0 Å². The van der Waals surface area contributed by atoms with E-state index in [4.69, 9.17) is 10.5 Å². The first kappa shape index (κ1) is 12.5. The molecule has 96 valence electrons. The van der Waals surface area contributed by atoms with Crippen LogP contribution in [-0.4, -0.2) is 26.9 Å². The van der Waals surface area contributed by atoms with Crippen LogP contribution >= 0.6 is 0 Å². The second-order valence-electron chi connectivity index (χ2n) is 4.00. The van der Waals surface area contributed by atoms with Gasteiger partial charge >= 0.3 is 0 Å². The highest BCUT2D eigenvalue weighted by atomic mass is 16.5. The standard InChI is InChI=1S/C12H17N5O/c1-3-4-17-7-9(6-16-17)12(13)10-5-11(18-2)15-8-14-10/h5-8,12H,3-4,13H2,1-2H3. The highest BCUT2D eigenvalue weighted by Gasteiger charge is 2.13. The lowest BCUT2D eigenvalue weighted by atomic mass is 10.1. The Kier molecular flexibility index (Phi) is 3.88. The predicted molar refractivity (Wildman–Crippen MR) is 67.1 cm³/mol. The summed E-state index contributed by atoms with van der Waals surface area (Å²) in [4.78, 5) is 8.12. The minimum absolute atomic E-state index is 0.312. The molecule has 0 aliphatic carbocycles. The van der Waals surface area contributed by atoms with Crippen LogP contribution in [0.2, 0.25) is 0 Å². The quantitative estimate of drug-likeness (QED) is 0.857. The van der Waals surface area contributed by atoms with Crippen LogP contribution < -0.4 is 10.5 Å². The van der Waals surface area contributed by atoms with Crippen molar-refractivity contribution in [2.45, 2.75) is 25.9 Å². The van der Waals surface area contributed by atoms with Gasteiger partial charge in [-0.15, -0.1) is 0 Å². The first-order valence-electron chi connectivity index (χ1n) is 5.88. The highest BCUT2D eigenvalue weighted by Crippen LogP contribution is 2.19. The molecule has 2 rings (SSSR count). The van der Waals surface area contributed by atoms with Crippen molar-refractivity contribution in [2.24, 2.45) is 5.73 Å². The summed E-state index contributed by atoms with van der Waals surface area (Å²) in [5.74, 6) is 0.511. The molecule has 0 radical (unpaired) electrons. The Hall–Kier alpha value is -1.95. The molecule has 0 saturated carbocycles. The Morgan fingerprint density at radius 1 is 1.44 bits per heavy atom. The lowest BCUT2D eigenvalue weighted by Crippen LogP contribution is -2.13. The smallest absolute Gasteiger partial charge is 0.216 e. The zero-order chi connectivity index (χ0) is 13.0. The number of nitrogens with zero attached hydrogens (tertiary/aromatic N) is 4. The van der Waals surface area contributed by atoms with Crippen molar-refractivity contribution in [3.8, 4) is 5.88 Å². The monoisotopic (exact) mass is 247 g/mol. The molecule has 0 amide bonds. The van der Waals surface area contributed by atoms with Gasteiger partial charge in [0.15, 0.2) is 0 Å². The van der Waals surface area contributed by atoms with Crippen molar-refractivity contribution in [3.63, 3.8) is 0 Å². The first-order valence-corrected chi connectivity index (χ1v) is 5.88. The summed E-state index contributed by atoms with van der Waals surface area (Å²) in [6, 6.07) is 1.43. The second kappa shape index (κ2) is 5.59. The molecule has 18 heavy (non-hydrogen) atoms. The lowest BCUT2D eigenvalue weighted by Gasteiger charge is -2.09. The largest absolute Gasteiger partial charge is 0.481 e. The Labute approximate surface area is 106 Å². The van der Waals surface area contributed by atoms with Gasteiger partial charge in [-0.25, -0.2) is 9.97 Å². The van der Waals surface area contributed by atoms with Gasteiger partial charge in [-0.2, -0.15) is 5.10 Å². The fourth-order valence-corrected chi connectivity index (χ4v) is 1.70. The van der Waals surface area contributed by atoms with Gasteiger partial charge in [-0.05, 0) is 6.42 Å². The highest BCUT2D eigenvalue weighted by molar-refractivity contribution is 5.25. The molecule has 1 atom stereocenters. The van der Waals surface area contributed by atoms with Crippen molar-refractivity contribution in [1.29, 1.82) is 0 Å². The second-order valence-corrected chi connectivity index (χ2v) is 4.00. The van der Waals surface area contributed by atoms with Crippen LogP contribution in [0, 0.1) is 0 Å². The van der Waals surface area contributed by atoms with E-state index in [1.165, 1.54) is 6.33 Å².